The van der Waals surface area contributed by atoms with Crippen LogP contribution in [0.5, 0.6) is 0 Å². The highest BCUT2D eigenvalue weighted by atomic mass is 16.2. The molecule has 6 nitrogen and oxygen atoms in total. The summed E-state index contributed by atoms with van der Waals surface area (Å²) >= 11 is 0. The van der Waals surface area contributed by atoms with E-state index in [-0.39, 0.29) is 11.3 Å². The van der Waals surface area contributed by atoms with Gasteiger partial charge in [-0.05, 0) is 31.1 Å². The maximum Gasteiger partial charge on any atom is 0.312 e. The van der Waals surface area contributed by atoms with E-state index in [0.717, 1.165) is 0 Å². The van der Waals surface area contributed by atoms with Crippen LogP contribution in [0.2, 0.25) is 0 Å². The molecule has 0 aromatic heterocycles. The summed E-state index contributed by atoms with van der Waals surface area (Å²) in [6.45, 7) is 3.39. The second kappa shape index (κ2) is 8.09. The first-order valence-electron chi connectivity index (χ1n) is 7.49. The smallest absolute Gasteiger partial charge is 0.312 e. The lowest BCUT2D eigenvalue weighted by molar-refractivity contribution is -0.123. The van der Waals surface area contributed by atoms with Gasteiger partial charge in [-0.3, -0.25) is 4.79 Å². The van der Waals surface area contributed by atoms with Crippen molar-refractivity contribution >= 4 is 11.9 Å². The molecule has 1 rings (SSSR count). The summed E-state index contributed by atoms with van der Waals surface area (Å²) in [4.78, 5) is 22.4. The van der Waals surface area contributed by atoms with E-state index in [0.29, 0.717) is 25.9 Å². The zero-order chi connectivity index (χ0) is 15.0. The number of nitrogens with two attached hydrogens (primary N) is 2. The van der Waals surface area contributed by atoms with Crippen molar-refractivity contribution in [3.8, 4) is 0 Å². The summed E-state index contributed by atoms with van der Waals surface area (Å²) in [5, 5.41) is 5.45. The number of primary amides is 1. The molecule has 20 heavy (non-hydrogen) atoms. The van der Waals surface area contributed by atoms with Crippen molar-refractivity contribution in [3.05, 3.63) is 0 Å². The molecule has 0 spiro atoms. The van der Waals surface area contributed by atoms with Crippen LogP contribution in [0.4, 0.5) is 4.79 Å². The Kier molecular flexibility index (Phi) is 6.78. The van der Waals surface area contributed by atoms with E-state index >= 15 is 0 Å². The lowest BCUT2D eigenvalue weighted by Crippen LogP contribution is -2.45. The quantitative estimate of drug-likeness (QED) is 0.520. The Bertz CT molecular complexity index is 327. The summed E-state index contributed by atoms with van der Waals surface area (Å²) in [6, 6.07) is -1.06. The first-order valence-corrected chi connectivity index (χ1v) is 7.49. The van der Waals surface area contributed by atoms with Gasteiger partial charge < -0.3 is 22.1 Å². The third-order valence-corrected chi connectivity index (χ3v) is 4.08. The fraction of sp³-hybridized carbons (Fsp3) is 0.857. The topological polar surface area (TPSA) is 110 Å². The van der Waals surface area contributed by atoms with E-state index in [1.165, 1.54) is 32.1 Å². The first-order chi connectivity index (χ1) is 9.43. The number of nitrogens with one attached hydrogen (secondary N) is 2. The van der Waals surface area contributed by atoms with Crippen molar-refractivity contribution in [3.63, 3.8) is 0 Å². The third-order valence-electron chi connectivity index (χ3n) is 4.08. The summed E-state index contributed by atoms with van der Waals surface area (Å²) in [6.07, 6.45) is 7.33. The van der Waals surface area contributed by atoms with Crippen molar-refractivity contribution < 1.29 is 9.59 Å². The van der Waals surface area contributed by atoms with Crippen molar-refractivity contribution in [2.24, 2.45) is 16.9 Å². The van der Waals surface area contributed by atoms with Gasteiger partial charge in [0.05, 0.1) is 6.04 Å². The fourth-order valence-corrected chi connectivity index (χ4v) is 2.68. The maximum atomic E-state index is 11.9. The Morgan fingerprint density at radius 1 is 1.20 bits per heavy atom. The molecule has 116 valence electrons. The summed E-state index contributed by atoms with van der Waals surface area (Å²) in [5.74, 6) is -0.101. The second-order valence-corrected chi connectivity index (χ2v) is 6.13. The molecule has 0 aromatic rings. The molecule has 1 atom stereocenters. The molecule has 3 amide bonds. The molecule has 1 aliphatic rings. The highest BCUT2D eigenvalue weighted by Crippen LogP contribution is 2.34. The van der Waals surface area contributed by atoms with Crippen molar-refractivity contribution in [2.45, 2.75) is 57.9 Å². The number of amides is 3. The van der Waals surface area contributed by atoms with E-state index in [2.05, 4.69) is 17.6 Å². The lowest BCUT2D eigenvalue weighted by atomic mass is 9.76. The molecule has 1 fully saturated rings. The number of carbonyl (C=O) groups is 2. The standard InChI is InChI=1S/C14H28N4O2/c1-14(7-3-2-4-8-14)10-18-12(19)11(15)6-5-9-17-13(16)20/h11H,2-10,15H2,1H3,(H,18,19)(H3,16,17,20)/t11-/m0/s1. The molecule has 0 saturated heterocycles. The van der Waals surface area contributed by atoms with Gasteiger partial charge >= 0.3 is 6.03 Å². The number of hydrogen-bond donors (Lipinski definition) is 4. The Labute approximate surface area is 121 Å². The third kappa shape index (κ3) is 6.23. The molecule has 6 N–H and O–H groups in total. The maximum absolute atomic E-state index is 11.9. The minimum absolute atomic E-state index is 0.101. The van der Waals surface area contributed by atoms with E-state index in [4.69, 9.17) is 11.5 Å². The highest BCUT2D eigenvalue weighted by molar-refractivity contribution is 5.81. The predicted molar refractivity (Wildman–Crippen MR) is 79.0 cm³/mol. The normalized spacial score (nSPS) is 19.1. The van der Waals surface area contributed by atoms with Gasteiger partial charge in [-0.15, -0.1) is 0 Å². The van der Waals surface area contributed by atoms with Crippen LogP contribution in [0.15, 0.2) is 0 Å². The zero-order valence-corrected chi connectivity index (χ0v) is 12.4. The Morgan fingerprint density at radius 2 is 1.85 bits per heavy atom. The molecule has 0 aromatic carbocycles. The van der Waals surface area contributed by atoms with Crippen LogP contribution in [-0.2, 0) is 4.79 Å². The van der Waals surface area contributed by atoms with E-state index < -0.39 is 12.1 Å². The van der Waals surface area contributed by atoms with Gasteiger partial charge in [0, 0.05) is 13.1 Å². The highest BCUT2D eigenvalue weighted by Gasteiger charge is 2.27. The Hall–Kier alpha value is -1.30. The number of rotatable bonds is 7. The fourth-order valence-electron chi connectivity index (χ4n) is 2.68. The van der Waals surface area contributed by atoms with Gasteiger partial charge in [0.25, 0.3) is 0 Å². The van der Waals surface area contributed by atoms with Crippen molar-refractivity contribution in [1.29, 1.82) is 0 Å². The lowest BCUT2D eigenvalue weighted by Gasteiger charge is -2.34. The van der Waals surface area contributed by atoms with Gasteiger partial charge in [0.2, 0.25) is 5.91 Å². The molecule has 6 heteroatoms. The molecule has 0 bridgehead atoms. The number of carbonyl (C=O) groups excluding carboxylic acids is 2. The zero-order valence-electron chi connectivity index (χ0n) is 12.4. The van der Waals surface area contributed by atoms with Crippen molar-refractivity contribution in [1.82, 2.24) is 10.6 Å². The minimum Gasteiger partial charge on any atom is -0.354 e. The summed E-state index contributed by atoms with van der Waals surface area (Å²) in [5.41, 5.74) is 11.0. The van der Waals surface area contributed by atoms with Crippen LogP contribution < -0.4 is 22.1 Å². The average molecular weight is 284 g/mol. The van der Waals surface area contributed by atoms with Crippen molar-refractivity contribution in [2.75, 3.05) is 13.1 Å². The molecule has 1 saturated carbocycles. The van der Waals surface area contributed by atoms with Crippen LogP contribution in [0.25, 0.3) is 0 Å². The van der Waals surface area contributed by atoms with Crippen LogP contribution in [0.3, 0.4) is 0 Å². The van der Waals surface area contributed by atoms with Gasteiger partial charge in [-0.25, -0.2) is 4.79 Å². The summed E-state index contributed by atoms with van der Waals surface area (Å²) in [7, 11) is 0. The largest absolute Gasteiger partial charge is 0.354 e. The van der Waals surface area contributed by atoms with Crippen LogP contribution in [0.1, 0.15) is 51.9 Å². The van der Waals surface area contributed by atoms with Gasteiger partial charge in [-0.2, -0.15) is 0 Å². The monoisotopic (exact) mass is 284 g/mol. The minimum atomic E-state index is -0.548. The second-order valence-electron chi connectivity index (χ2n) is 6.13. The molecular formula is C14H28N4O2. The Balaban J connectivity index is 2.19. The van der Waals surface area contributed by atoms with E-state index in [1.54, 1.807) is 0 Å². The van der Waals surface area contributed by atoms with Gasteiger partial charge in [0.1, 0.15) is 0 Å². The van der Waals surface area contributed by atoms with E-state index in [9.17, 15) is 9.59 Å². The predicted octanol–water partition coefficient (Wildman–Crippen LogP) is 0.849. The molecular weight excluding hydrogens is 256 g/mol. The summed E-state index contributed by atoms with van der Waals surface area (Å²) < 4.78 is 0. The van der Waals surface area contributed by atoms with Crippen LogP contribution >= 0.6 is 0 Å². The SMILES string of the molecule is CC1(CNC(=O)[C@@H](N)CCCNC(N)=O)CCCCC1. The van der Waals surface area contributed by atoms with Gasteiger partial charge in [0.15, 0.2) is 0 Å². The van der Waals surface area contributed by atoms with Crippen LogP contribution in [-0.4, -0.2) is 31.1 Å². The Morgan fingerprint density at radius 3 is 2.45 bits per heavy atom. The molecule has 0 radical (unpaired) electrons. The molecule has 0 aliphatic heterocycles. The van der Waals surface area contributed by atoms with Crippen LogP contribution in [0, 0.1) is 5.41 Å². The average Bonchev–Trinajstić information content (AvgIpc) is 2.41. The molecule has 0 heterocycles. The van der Waals surface area contributed by atoms with Gasteiger partial charge in [-0.1, -0.05) is 26.2 Å². The van der Waals surface area contributed by atoms with E-state index in [1.807, 2.05) is 0 Å². The first kappa shape index (κ1) is 16.8. The molecule has 0 unspecified atom stereocenters. The number of hydrogen-bond acceptors (Lipinski definition) is 3. The number of urea groups is 1. The molecule has 1 aliphatic carbocycles.